The lowest BCUT2D eigenvalue weighted by molar-refractivity contribution is -0.140. The number of hydrogen-bond donors (Lipinski definition) is 3. The van der Waals surface area contributed by atoms with Gasteiger partial charge >= 0.3 is 6.09 Å². The van der Waals surface area contributed by atoms with E-state index in [9.17, 15) is 14.4 Å². The highest BCUT2D eigenvalue weighted by Crippen LogP contribution is 2.29. The lowest BCUT2D eigenvalue weighted by atomic mass is 9.95. The minimum Gasteiger partial charge on any atom is -0.497 e. The number of aryl methyl sites for hydroxylation is 2. The van der Waals surface area contributed by atoms with E-state index in [4.69, 9.17) is 9.47 Å². The number of amides is 3. The molecule has 0 aliphatic rings. The number of nitrogens with zero attached hydrogens (tertiary/aromatic N) is 1. The number of nitrogens with one attached hydrogen (secondary N) is 2. The average Bonchev–Trinajstić information content (AvgIpc) is 2.91. The zero-order valence-electron chi connectivity index (χ0n) is 25.6. The average molecular weight is 586 g/mol. The van der Waals surface area contributed by atoms with Crippen molar-refractivity contribution in [1.82, 2.24) is 10.2 Å². The molecule has 2 aromatic rings. The van der Waals surface area contributed by atoms with Crippen LogP contribution in [0.1, 0.15) is 82.5 Å². The smallest absolute Gasteiger partial charge is 0.408 e. The van der Waals surface area contributed by atoms with Gasteiger partial charge in [0, 0.05) is 18.0 Å². The molecular weight excluding hydrogens is 538 g/mol. The molecule has 226 valence electrons. The van der Waals surface area contributed by atoms with Crippen LogP contribution < -0.4 is 15.4 Å². The summed E-state index contributed by atoms with van der Waals surface area (Å²) >= 11 is 4.39. The van der Waals surface area contributed by atoms with Gasteiger partial charge in [0.1, 0.15) is 23.4 Å². The summed E-state index contributed by atoms with van der Waals surface area (Å²) in [5.41, 5.74) is 2.44. The Labute approximate surface area is 251 Å². The van der Waals surface area contributed by atoms with Crippen LogP contribution in [0.2, 0.25) is 0 Å². The monoisotopic (exact) mass is 585 g/mol. The van der Waals surface area contributed by atoms with Crippen LogP contribution in [-0.2, 0) is 14.3 Å². The Kier molecular flexibility index (Phi) is 13.5. The molecule has 0 heterocycles. The fourth-order valence-corrected chi connectivity index (χ4v) is 4.73. The number of methoxy groups -OCH3 is 1. The lowest BCUT2D eigenvalue weighted by Gasteiger charge is -2.35. The van der Waals surface area contributed by atoms with Gasteiger partial charge in [-0.15, -0.1) is 0 Å². The van der Waals surface area contributed by atoms with Gasteiger partial charge < -0.3 is 25.0 Å². The van der Waals surface area contributed by atoms with E-state index in [1.807, 2.05) is 32.0 Å². The Morgan fingerprint density at radius 2 is 1.63 bits per heavy atom. The van der Waals surface area contributed by atoms with Gasteiger partial charge in [0.25, 0.3) is 5.91 Å². The first-order chi connectivity index (χ1) is 19.4. The van der Waals surface area contributed by atoms with Crippen molar-refractivity contribution in [2.75, 3.05) is 24.7 Å². The number of ether oxygens (including phenoxy) is 2. The third-order valence-corrected chi connectivity index (χ3v) is 6.97. The molecule has 0 saturated carbocycles. The van der Waals surface area contributed by atoms with Crippen LogP contribution in [0.25, 0.3) is 0 Å². The summed E-state index contributed by atoms with van der Waals surface area (Å²) in [4.78, 5) is 42.4. The normalized spacial score (nSPS) is 12.7. The Bertz CT molecular complexity index is 1150. The van der Waals surface area contributed by atoms with Gasteiger partial charge in [0.05, 0.1) is 7.11 Å². The number of unbranched alkanes of at least 4 members (excludes halogenated alkanes) is 4. The van der Waals surface area contributed by atoms with E-state index in [0.717, 1.165) is 42.4 Å². The van der Waals surface area contributed by atoms with Crippen molar-refractivity contribution in [3.05, 3.63) is 59.2 Å². The summed E-state index contributed by atoms with van der Waals surface area (Å²) in [6.45, 7) is 11.7. The van der Waals surface area contributed by atoms with Crippen molar-refractivity contribution in [2.45, 2.75) is 91.3 Å². The molecule has 2 rings (SSSR count). The van der Waals surface area contributed by atoms with Crippen molar-refractivity contribution in [3.63, 3.8) is 0 Å². The Balaban J connectivity index is 2.51. The molecule has 0 aromatic heterocycles. The molecular formula is C32H47N3O5S. The van der Waals surface area contributed by atoms with Gasteiger partial charge in [-0.25, -0.2) is 4.79 Å². The molecule has 0 aliphatic carbocycles. The maximum Gasteiger partial charge on any atom is 0.408 e. The van der Waals surface area contributed by atoms with Gasteiger partial charge in [-0.1, -0.05) is 56.4 Å². The molecule has 2 unspecified atom stereocenters. The summed E-state index contributed by atoms with van der Waals surface area (Å²) in [6, 6.07) is 11.0. The summed E-state index contributed by atoms with van der Waals surface area (Å²) in [5, 5.41) is 5.67. The number of benzene rings is 2. The van der Waals surface area contributed by atoms with Crippen LogP contribution in [0, 0.1) is 13.8 Å². The zero-order valence-corrected chi connectivity index (χ0v) is 26.5. The van der Waals surface area contributed by atoms with Crippen LogP contribution in [0.15, 0.2) is 42.5 Å². The van der Waals surface area contributed by atoms with Gasteiger partial charge in [-0.05, 0) is 76.4 Å². The minimum absolute atomic E-state index is 0.0457. The van der Waals surface area contributed by atoms with Gasteiger partial charge in [-0.2, -0.15) is 12.6 Å². The zero-order chi connectivity index (χ0) is 30.6. The third kappa shape index (κ3) is 10.9. The highest BCUT2D eigenvalue weighted by Gasteiger charge is 2.36. The van der Waals surface area contributed by atoms with E-state index in [1.165, 1.54) is 0 Å². The Morgan fingerprint density at radius 3 is 2.22 bits per heavy atom. The summed E-state index contributed by atoms with van der Waals surface area (Å²) < 4.78 is 10.7. The first-order valence-electron chi connectivity index (χ1n) is 14.3. The van der Waals surface area contributed by atoms with E-state index >= 15 is 0 Å². The van der Waals surface area contributed by atoms with Crippen LogP contribution in [0.3, 0.4) is 0 Å². The number of thiol groups is 1. The van der Waals surface area contributed by atoms with E-state index in [0.29, 0.717) is 24.4 Å². The molecule has 0 saturated heterocycles. The van der Waals surface area contributed by atoms with Crippen LogP contribution in [0.5, 0.6) is 5.75 Å². The Morgan fingerprint density at radius 1 is 0.976 bits per heavy atom. The molecule has 0 radical (unpaired) electrons. The second kappa shape index (κ2) is 16.3. The van der Waals surface area contributed by atoms with E-state index in [-0.39, 0.29) is 11.7 Å². The second-order valence-electron chi connectivity index (χ2n) is 11.3. The molecule has 2 aromatic carbocycles. The highest BCUT2D eigenvalue weighted by molar-refractivity contribution is 7.80. The topological polar surface area (TPSA) is 97.0 Å². The maximum absolute atomic E-state index is 14.2. The first-order valence-corrected chi connectivity index (χ1v) is 15.0. The van der Waals surface area contributed by atoms with E-state index in [2.05, 4.69) is 30.2 Å². The quantitative estimate of drug-likeness (QED) is 0.171. The molecule has 8 nitrogen and oxygen atoms in total. The highest BCUT2D eigenvalue weighted by atomic mass is 32.1. The van der Waals surface area contributed by atoms with Crippen molar-refractivity contribution >= 4 is 36.2 Å². The van der Waals surface area contributed by atoms with Crippen molar-refractivity contribution in [2.24, 2.45) is 0 Å². The Hall–Kier alpha value is -3.20. The number of carbonyl (C=O) groups excluding carboxylic acids is 3. The molecule has 9 heteroatoms. The molecule has 3 amide bonds. The number of carbonyl (C=O) groups is 3. The molecule has 0 aliphatic heterocycles. The molecule has 41 heavy (non-hydrogen) atoms. The molecule has 2 atom stereocenters. The van der Waals surface area contributed by atoms with Crippen LogP contribution in [0.4, 0.5) is 10.5 Å². The van der Waals surface area contributed by atoms with Crippen molar-refractivity contribution < 1.29 is 23.9 Å². The second-order valence-corrected chi connectivity index (χ2v) is 11.7. The number of hydrogen-bond acceptors (Lipinski definition) is 6. The van der Waals surface area contributed by atoms with Crippen molar-refractivity contribution in [3.8, 4) is 5.75 Å². The van der Waals surface area contributed by atoms with Crippen LogP contribution >= 0.6 is 12.6 Å². The van der Waals surface area contributed by atoms with Crippen LogP contribution in [-0.4, -0.2) is 53.9 Å². The minimum atomic E-state index is -0.981. The molecule has 2 N–H and O–H groups in total. The fraction of sp³-hybridized carbons (Fsp3) is 0.531. The van der Waals surface area contributed by atoms with Gasteiger partial charge in [0.2, 0.25) is 5.91 Å². The van der Waals surface area contributed by atoms with E-state index in [1.54, 1.807) is 57.0 Å². The van der Waals surface area contributed by atoms with Gasteiger partial charge in [-0.3, -0.25) is 9.59 Å². The molecule has 0 fully saturated rings. The molecule has 0 spiro atoms. The number of alkyl carbamates (subject to hydrolysis) is 1. The summed E-state index contributed by atoms with van der Waals surface area (Å²) in [5.74, 6) is -0.0230. The maximum atomic E-state index is 14.2. The summed E-state index contributed by atoms with van der Waals surface area (Å²) in [7, 11) is 1.58. The standard InChI is InChI=1S/C32H47N3O5S/c1-8-9-10-11-12-19-35(30(37)27(21-41)34-31(38)40-32(4,5)6)28(26-20-22(2)13-14-23(26)3)29(36)33-24-15-17-25(39-7)18-16-24/h13-18,20,27-28,41H,8-12,19,21H2,1-7H3,(H,33,36)(H,34,38). The SMILES string of the molecule is CCCCCCCN(C(=O)C(CS)NC(=O)OC(C)(C)C)C(C(=O)Nc1ccc(OC)cc1)c1cc(C)ccc1C. The lowest BCUT2D eigenvalue weighted by Crippen LogP contribution is -2.53. The molecule has 0 bridgehead atoms. The fourth-order valence-electron chi connectivity index (χ4n) is 4.48. The van der Waals surface area contributed by atoms with E-state index < -0.39 is 29.7 Å². The predicted molar refractivity (Wildman–Crippen MR) is 168 cm³/mol. The first kappa shape index (κ1) is 34.0. The number of anilines is 1. The largest absolute Gasteiger partial charge is 0.497 e. The third-order valence-electron chi connectivity index (χ3n) is 6.60. The predicted octanol–water partition coefficient (Wildman–Crippen LogP) is 6.61. The van der Waals surface area contributed by atoms with Gasteiger partial charge in [0.15, 0.2) is 0 Å². The summed E-state index contributed by atoms with van der Waals surface area (Å²) in [6.07, 6.45) is 4.16. The van der Waals surface area contributed by atoms with Crippen molar-refractivity contribution in [1.29, 1.82) is 0 Å². The number of rotatable bonds is 14.